The molecule has 0 bridgehead atoms. The first-order chi connectivity index (χ1) is 17.9. The van der Waals surface area contributed by atoms with Crippen LogP contribution in [0, 0.1) is 5.82 Å². The third kappa shape index (κ3) is 5.99. The van der Waals surface area contributed by atoms with Gasteiger partial charge in [-0.25, -0.2) is 8.96 Å². The predicted octanol–water partition coefficient (Wildman–Crippen LogP) is 5.02. The van der Waals surface area contributed by atoms with Crippen molar-refractivity contribution in [2.24, 2.45) is 0 Å². The molecule has 4 aromatic rings. The van der Waals surface area contributed by atoms with Gasteiger partial charge in [-0.1, -0.05) is 43.3 Å². The fraction of sp³-hybridized carbons (Fsp3) is 0.138. The van der Waals surface area contributed by atoms with Crippen molar-refractivity contribution in [3.8, 4) is 11.3 Å². The van der Waals surface area contributed by atoms with Gasteiger partial charge in [0.1, 0.15) is 11.5 Å². The lowest BCUT2D eigenvalue weighted by molar-refractivity contribution is -0.117. The van der Waals surface area contributed by atoms with E-state index in [1.807, 2.05) is 25.1 Å². The van der Waals surface area contributed by atoms with Crippen molar-refractivity contribution >= 4 is 28.9 Å². The molecule has 0 saturated carbocycles. The van der Waals surface area contributed by atoms with Crippen molar-refractivity contribution < 1.29 is 14.0 Å². The first kappa shape index (κ1) is 25.5. The van der Waals surface area contributed by atoms with E-state index in [1.165, 1.54) is 18.2 Å². The van der Waals surface area contributed by atoms with Gasteiger partial charge in [0.25, 0.3) is 11.5 Å². The van der Waals surface area contributed by atoms with Crippen molar-refractivity contribution in [3.63, 3.8) is 0 Å². The van der Waals surface area contributed by atoms with E-state index in [2.05, 4.69) is 16.0 Å². The zero-order valence-corrected chi connectivity index (χ0v) is 20.5. The van der Waals surface area contributed by atoms with Gasteiger partial charge < -0.3 is 16.0 Å². The maximum absolute atomic E-state index is 13.7. The Morgan fingerprint density at radius 3 is 2.32 bits per heavy atom. The minimum atomic E-state index is -0.639. The zero-order chi connectivity index (χ0) is 26.4. The van der Waals surface area contributed by atoms with Gasteiger partial charge >= 0.3 is 0 Å². The summed E-state index contributed by atoms with van der Waals surface area (Å²) >= 11 is 0. The summed E-state index contributed by atoms with van der Waals surface area (Å²) in [6.45, 7) is 4.16. The minimum Gasteiger partial charge on any atom is -0.356 e. The molecule has 1 aromatic heterocycles. The van der Waals surface area contributed by atoms with E-state index in [-0.39, 0.29) is 23.0 Å². The standard InChI is InChI=1S/C29H27FN4O3/c1-3-31-19(2)27(35)33-25-16-17-26(20-8-5-4-6-9-20)34(29(25)37)28(36)21-10-7-11-24(18-21)32-23-14-12-22(30)13-15-23/h4-19,31-32H,3H2,1-2H3,(H,33,35). The Morgan fingerprint density at radius 2 is 1.62 bits per heavy atom. The minimum absolute atomic E-state index is 0.00313. The molecule has 0 fully saturated rings. The third-order valence-corrected chi connectivity index (χ3v) is 5.76. The molecular formula is C29H27FN4O3. The molecule has 0 saturated heterocycles. The summed E-state index contributed by atoms with van der Waals surface area (Å²) in [5.74, 6) is -1.28. The fourth-order valence-electron chi connectivity index (χ4n) is 3.87. The van der Waals surface area contributed by atoms with Crippen molar-refractivity contribution in [2.45, 2.75) is 19.9 Å². The van der Waals surface area contributed by atoms with Crippen LogP contribution in [0.15, 0.2) is 95.8 Å². The molecule has 37 heavy (non-hydrogen) atoms. The van der Waals surface area contributed by atoms with Crippen molar-refractivity contribution in [2.75, 3.05) is 17.2 Å². The normalized spacial score (nSPS) is 11.5. The number of rotatable bonds is 8. The number of halogens is 1. The number of nitrogens with one attached hydrogen (secondary N) is 3. The second-order valence-electron chi connectivity index (χ2n) is 8.43. The number of nitrogens with zero attached hydrogens (tertiary/aromatic N) is 1. The lowest BCUT2D eigenvalue weighted by Crippen LogP contribution is -2.40. The molecule has 0 radical (unpaired) electrons. The zero-order valence-electron chi connectivity index (χ0n) is 20.5. The Labute approximate surface area is 214 Å². The van der Waals surface area contributed by atoms with E-state index in [0.717, 1.165) is 4.57 Å². The molecule has 1 heterocycles. The topological polar surface area (TPSA) is 92.2 Å². The molecular weight excluding hydrogens is 471 g/mol. The number of likely N-dealkylation sites (N-methyl/N-ethyl adjacent to an activating group) is 1. The van der Waals surface area contributed by atoms with Crippen LogP contribution in [0.3, 0.4) is 0 Å². The second kappa shape index (κ2) is 11.5. The van der Waals surface area contributed by atoms with Crippen LogP contribution < -0.4 is 21.5 Å². The molecule has 188 valence electrons. The van der Waals surface area contributed by atoms with Gasteiger partial charge in [0.05, 0.1) is 11.7 Å². The van der Waals surface area contributed by atoms with E-state index >= 15 is 0 Å². The molecule has 7 nitrogen and oxygen atoms in total. The smallest absolute Gasteiger partial charge is 0.281 e. The number of carbonyl (C=O) groups is 2. The van der Waals surface area contributed by atoms with E-state index in [1.54, 1.807) is 61.5 Å². The Hall–Kier alpha value is -4.56. The Balaban J connectivity index is 1.74. The molecule has 0 spiro atoms. The number of benzene rings is 3. The van der Waals surface area contributed by atoms with E-state index < -0.39 is 17.5 Å². The highest BCUT2D eigenvalue weighted by atomic mass is 19.1. The summed E-state index contributed by atoms with van der Waals surface area (Å²) in [5.41, 5.74) is 1.93. The SMILES string of the molecule is CCNC(C)C(=O)Nc1ccc(-c2ccccc2)n(C(=O)c2cccc(Nc3ccc(F)cc3)c2)c1=O. The molecule has 0 aliphatic carbocycles. The molecule has 1 amide bonds. The van der Waals surface area contributed by atoms with Crippen LogP contribution in [0.5, 0.6) is 0 Å². The summed E-state index contributed by atoms with van der Waals surface area (Å²) in [7, 11) is 0. The van der Waals surface area contributed by atoms with Crippen LogP contribution >= 0.6 is 0 Å². The average molecular weight is 499 g/mol. The maximum atomic E-state index is 13.7. The molecule has 0 aliphatic rings. The molecule has 3 N–H and O–H groups in total. The van der Waals surface area contributed by atoms with Gasteiger partial charge in [0, 0.05) is 16.9 Å². The molecule has 1 atom stereocenters. The van der Waals surface area contributed by atoms with E-state index in [0.29, 0.717) is 29.2 Å². The van der Waals surface area contributed by atoms with Crippen LogP contribution in [-0.4, -0.2) is 29.0 Å². The lowest BCUT2D eigenvalue weighted by atomic mass is 10.1. The summed E-state index contributed by atoms with van der Waals surface area (Å²) in [4.78, 5) is 39.9. The second-order valence-corrected chi connectivity index (χ2v) is 8.43. The van der Waals surface area contributed by atoms with Crippen LogP contribution in [0.4, 0.5) is 21.5 Å². The number of aromatic nitrogens is 1. The van der Waals surface area contributed by atoms with Crippen LogP contribution in [0.1, 0.15) is 24.2 Å². The average Bonchev–Trinajstić information content (AvgIpc) is 2.91. The van der Waals surface area contributed by atoms with Gasteiger partial charge in [-0.3, -0.25) is 14.4 Å². The first-order valence-electron chi connectivity index (χ1n) is 11.9. The number of hydrogen-bond acceptors (Lipinski definition) is 5. The largest absolute Gasteiger partial charge is 0.356 e. The van der Waals surface area contributed by atoms with Crippen molar-refractivity contribution in [3.05, 3.63) is 113 Å². The number of carbonyl (C=O) groups excluding carboxylic acids is 2. The first-order valence-corrected chi connectivity index (χ1v) is 11.9. The van der Waals surface area contributed by atoms with Crippen molar-refractivity contribution in [1.29, 1.82) is 0 Å². The quantitative estimate of drug-likeness (QED) is 0.317. The Bertz CT molecular complexity index is 1470. The molecule has 3 aromatic carbocycles. The molecule has 1 unspecified atom stereocenters. The lowest BCUT2D eigenvalue weighted by Gasteiger charge is -2.16. The number of anilines is 3. The predicted molar refractivity (Wildman–Crippen MR) is 144 cm³/mol. The van der Waals surface area contributed by atoms with Crippen LogP contribution in [0.25, 0.3) is 11.3 Å². The monoisotopic (exact) mass is 498 g/mol. The highest BCUT2D eigenvalue weighted by Gasteiger charge is 2.21. The van der Waals surface area contributed by atoms with Gasteiger partial charge in [0.2, 0.25) is 5.91 Å². The highest BCUT2D eigenvalue weighted by Crippen LogP contribution is 2.23. The molecule has 4 rings (SSSR count). The number of amides is 1. The highest BCUT2D eigenvalue weighted by molar-refractivity contribution is 6.00. The summed E-state index contributed by atoms with van der Waals surface area (Å²) < 4.78 is 14.3. The number of pyridine rings is 1. The van der Waals surface area contributed by atoms with Crippen LogP contribution in [0.2, 0.25) is 0 Å². The maximum Gasteiger partial charge on any atom is 0.281 e. The summed E-state index contributed by atoms with van der Waals surface area (Å²) in [5, 5.41) is 8.77. The van der Waals surface area contributed by atoms with Gasteiger partial charge in [-0.05, 0) is 73.6 Å². The van der Waals surface area contributed by atoms with Gasteiger partial charge in [-0.2, -0.15) is 0 Å². The molecule has 8 heteroatoms. The van der Waals surface area contributed by atoms with Gasteiger partial charge in [-0.15, -0.1) is 0 Å². The molecule has 0 aliphatic heterocycles. The van der Waals surface area contributed by atoms with E-state index in [4.69, 9.17) is 0 Å². The van der Waals surface area contributed by atoms with Crippen LogP contribution in [-0.2, 0) is 4.79 Å². The van der Waals surface area contributed by atoms with Gasteiger partial charge in [0.15, 0.2) is 0 Å². The van der Waals surface area contributed by atoms with E-state index in [9.17, 15) is 18.8 Å². The fourth-order valence-corrected chi connectivity index (χ4v) is 3.87. The van der Waals surface area contributed by atoms with Crippen molar-refractivity contribution in [1.82, 2.24) is 9.88 Å². The Kier molecular flexibility index (Phi) is 7.90. The summed E-state index contributed by atoms with van der Waals surface area (Å²) in [6.07, 6.45) is 0. The number of hydrogen-bond donors (Lipinski definition) is 3. The Morgan fingerprint density at radius 1 is 0.892 bits per heavy atom. The third-order valence-electron chi connectivity index (χ3n) is 5.76. The summed E-state index contributed by atoms with van der Waals surface area (Å²) in [6, 6.07) is 24.2.